The molecule has 13 heteroatoms. The minimum atomic E-state index is -4.40. The van der Waals surface area contributed by atoms with E-state index in [1.807, 2.05) is 4.72 Å². The van der Waals surface area contributed by atoms with Crippen molar-refractivity contribution in [3.05, 3.63) is 59.5 Å². The molecule has 32 heavy (non-hydrogen) atoms. The maximum absolute atomic E-state index is 15.2. The van der Waals surface area contributed by atoms with Crippen LogP contribution in [0.5, 0.6) is 5.88 Å². The Bertz CT molecular complexity index is 1470. The van der Waals surface area contributed by atoms with Gasteiger partial charge in [-0.3, -0.25) is 4.72 Å². The second-order valence-corrected chi connectivity index (χ2v) is 8.46. The summed E-state index contributed by atoms with van der Waals surface area (Å²) in [5.74, 6) is -2.85. The molecule has 0 radical (unpaired) electrons. The van der Waals surface area contributed by atoms with Gasteiger partial charge in [-0.1, -0.05) is 11.6 Å². The van der Waals surface area contributed by atoms with Crippen molar-refractivity contribution < 1.29 is 21.9 Å². The van der Waals surface area contributed by atoms with Crippen molar-refractivity contribution >= 4 is 44.3 Å². The van der Waals surface area contributed by atoms with Gasteiger partial charge >= 0.3 is 0 Å². The van der Waals surface area contributed by atoms with Crippen LogP contribution in [0, 0.1) is 11.6 Å². The van der Waals surface area contributed by atoms with Crippen molar-refractivity contribution in [3.63, 3.8) is 0 Å². The highest BCUT2D eigenvalue weighted by Gasteiger charge is 2.25. The van der Waals surface area contributed by atoms with E-state index in [9.17, 15) is 8.42 Å². The van der Waals surface area contributed by atoms with Gasteiger partial charge in [0.15, 0.2) is 16.5 Å². The topological polar surface area (TPSA) is 133 Å². The number of hydrogen-bond acceptors (Lipinski definition) is 8. The second-order valence-electron chi connectivity index (χ2n) is 6.38. The molecule has 0 bridgehead atoms. The summed E-state index contributed by atoms with van der Waals surface area (Å²) >= 11 is 5.83. The molecule has 4 rings (SSSR count). The van der Waals surface area contributed by atoms with Gasteiger partial charge in [0.1, 0.15) is 5.82 Å². The Balaban J connectivity index is 1.79. The van der Waals surface area contributed by atoms with Gasteiger partial charge in [-0.2, -0.15) is 0 Å². The fraction of sp³-hybridized carbons (Fsp3) is 0.0526. The predicted molar refractivity (Wildman–Crippen MR) is 114 cm³/mol. The number of benzene rings is 1. The van der Waals surface area contributed by atoms with Crippen LogP contribution in [-0.2, 0) is 10.0 Å². The van der Waals surface area contributed by atoms with Gasteiger partial charge in [-0.15, -0.1) is 0 Å². The molecule has 0 atom stereocenters. The molecule has 0 saturated heterocycles. The first-order chi connectivity index (χ1) is 15.2. The molecule has 3 N–H and O–H groups in total. The lowest BCUT2D eigenvalue weighted by Gasteiger charge is -2.13. The number of rotatable bonds is 5. The maximum atomic E-state index is 15.2. The van der Waals surface area contributed by atoms with E-state index in [1.165, 1.54) is 37.7 Å². The molecule has 0 aliphatic heterocycles. The third-order valence-corrected chi connectivity index (χ3v) is 5.94. The Morgan fingerprint density at radius 1 is 1.06 bits per heavy atom. The molecule has 1 aromatic carbocycles. The SMILES string of the molecule is COc1ncc(Cl)cc1S(=O)(=O)Nc1nccc(-c2ccc3nc(N)ncc3c2F)c1F. The van der Waals surface area contributed by atoms with Gasteiger partial charge in [0.05, 0.1) is 23.0 Å². The highest BCUT2D eigenvalue weighted by atomic mass is 35.5. The average molecular weight is 479 g/mol. The molecule has 0 aliphatic carbocycles. The number of hydrogen-bond donors (Lipinski definition) is 2. The Labute approximate surface area is 185 Å². The quantitative estimate of drug-likeness (QED) is 0.446. The number of methoxy groups -OCH3 is 1. The van der Waals surface area contributed by atoms with E-state index in [1.54, 1.807) is 0 Å². The number of nitrogens with zero attached hydrogens (tertiary/aromatic N) is 4. The Morgan fingerprint density at radius 2 is 1.81 bits per heavy atom. The molecule has 0 amide bonds. The number of nitrogens with one attached hydrogen (secondary N) is 1. The molecular formula is C19H13ClF2N6O3S. The Kier molecular flexibility index (Phi) is 5.48. The zero-order valence-electron chi connectivity index (χ0n) is 16.2. The molecule has 9 nitrogen and oxygen atoms in total. The van der Waals surface area contributed by atoms with Gasteiger partial charge < -0.3 is 10.5 Å². The van der Waals surface area contributed by atoms with Gasteiger partial charge in [0.25, 0.3) is 10.0 Å². The molecule has 0 aliphatic rings. The van der Waals surface area contributed by atoms with Crippen molar-refractivity contribution in [1.82, 2.24) is 19.9 Å². The standard InChI is InChI=1S/C19H13ClF2N6O3S/c1-31-18-14(6-9(20)7-25-18)32(29,30)28-17-16(22)11(4-5-24-17)10-2-3-13-12(15(10)21)8-26-19(23)27-13/h2-8H,1H3,(H,24,28)(H2,23,26,27). The van der Waals surface area contributed by atoms with Crippen LogP contribution in [0.1, 0.15) is 0 Å². The molecule has 0 saturated carbocycles. The summed E-state index contributed by atoms with van der Waals surface area (Å²) in [6, 6.07) is 5.03. The summed E-state index contributed by atoms with van der Waals surface area (Å²) in [5.41, 5.74) is 5.36. The first-order valence-corrected chi connectivity index (χ1v) is 10.7. The van der Waals surface area contributed by atoms with E-state index < -0.39 is 32.4 Å². The molecule has 0 unspecified atom stereocenters. The van der Waals surface area contributed by atoms with Crippen LogP contribution in [0.25, 0.3) is 22.0 Å². The van der Waals surface area contributed by atoms with Crippen LogP contribution < -0.4 is 15.2 Å². The molecule has 4 aromatic rings. The number of pyridine rings is 2. The molecule has 0 fully saturated rings. The highest BCUT2D eigenvalue weighted by molar-refractivity contribution is 7.92. The van der Waals surface area contributed by atoms with Crippen molar-refractivity contribution in [2.75, 3.05) is 17.6 Å². The monoisotopic (exact) mass is 478 g/mol. The Morgan fingerprint density at radius 3 is 2.56 bits per heavy atom. The zero-order valence-corrected chi connectivity index (χ0v) is 17.7. The van der Waals surface area contributed by atoms with E-state index in [2.05, 4.69) is 19.9 Å². The number of ether oxygens (including phenoxy) is 1. The smallest absolute Gasteiger partial charge is 0.268 e. The van der Waals surface area contributed by atoms with Crippen LogP contribution in [0.3, 0.4) is 0 Å². The van der Waals surface area contributed by atoms with Gasteiger partial charge in [-0.05, 0) is 24.3 Å². The van der Waals surface area contributed by atoms with Gasteiger partial charge in [-0.25, -0.2) is 37.1 Å². The lowest BCUT2D eigenvalue weighted by atomic mass is 10.0. The number of nitrogen functional groups attached to an aromatic ring is 1. The van der Waals surface area contributed by atoms with Crippen molar-refractivity contribution in [2.24, 2.45) is 0 Å². The van der Waals surface area contributed by atoms with Gasteiger partial charge in [0, 0.05) is 29.7 Å². The van der Waals surface area contributed by atoms with Crippen LogP contribution in [-0.4, -0.2) is 35.5 Å². The molecular weight excluding hydrogens is 466 g/mol. The number of aromatic nitrogens is 4. The lowest BCUT2D eigenvalue weighted by molar-refractivity contribution is 0.385. The van der Waals surface area contributed by atoms with Crippen molar-refractivity contribution in [2.45, 2.75) is 4.90 Å². The first-order valence-electron chi connectivity index (χ1n) is 8.79. The number of anilines is 2. The summed E-state index contributed by atoms with van der Waals surface area (Å²) < 4.78 is 62.9. The summed E-state index contributed by atoms with van der Waals surface area (Å²) in [6.45, 7) is 0. The van der Waals surface area contributed by atoms with Crippen LogP contribution in [0.15, 0.2) is 47.8 Å². The van der Waals surface area contributed by atoms with Crippen LogP contribution >= 0.6 is 11.6 Å². The maximum Gasteiger partial charge on any atom is 0.268 e. The first kappa shape index (κ1) is 21.6. The number of halogens is 3. The number of nitrogens with two attached hydrogens (primary N) is 1. The third kappa shape index (κ3) is 3.85. The summed E-state index contributed by atoms with van der Waals surface area (Å²) in [5, 5.41) is 0.0410. The number of sulfonamides is 1. The molecule has 0 spiro atoms. The zero-order chi connectivity index (χ0) is 23.0. The van der Waals surface area contributed by atoms with E-state index in [0.29, 0.717) is 0 Å². The molecule has 3 aromatic heterocycles. The fourth-order valence-electron chi connectivity index (χ4n) is 2.95. The normalized spacial score (nSPS) is 11.5. The number of fused-ring (bicyclic) bond motifs is 1. The predicted octanol–water partition coefficient (Wildman–Crippen LogP) is 3.41. The van der Waals surface area contributed by atoms with Gasteiger partial charge in [0.2, 0.25) is 11.8 Å². The Hall–Kier alpha value is -3.64. The highest BCUT2D eigenvalue weighted by Crippen LogP contribution is 2.33. The van der Waals surface area contributed by atoms with Crippen LogP contribution in [0.2, 0.25) is 5.02 Å². The lowest BCUT2D eigenvalue weighted by Crippen LogP contribution is -2.17. The summed E-state index contributed by atoms with van der Waals surface area (Å²) in [7, 11) is -3.18. The average Bonchev–Trinajstić information content (AvgIpc) is 2.75. The van der Waals surface area contributed by atoms with Crippen molar-refractivity contribution in [1.29, 1.82) is 0 Å². The molecule has 3 heterocycles. The molecule has 164 valence electrons. The minimum Gasteiger partial charge on any atom is -0.480 e. The summed E-state index contributed by atoms with van der Waals surface area (Å²) in [6.07, 6.45) is 3.50. The largest absolute Gasteiger partial charge is 0.480 e. The van der Waals surface area contributed by atoms with E-state index in [-0.39, 0.29) is 38.9 Å². The van der Waals surface area contributed by atoms with E-state index in [0.717, 1.165) is 12.3 Å². The van der Waals surface area contributed by atoms with Crippen LogP contribution in [0.4, 0.5) is 20.5 Å². The van der Waals surface area contributed by atoms with Crippen molar-refractivity contribution in [3.8, 4) is 17.0 Å². The summed E-state index contributed by atoms with van der Waals surface area (Å²) in [4.78, 5) is 14.8. The van der Waals surface area contributed by atoms with E-state index >= 15 is 8.78 Å². The van der Waals surface area contributed by atoms with E-state index in [4.69, 9.17) is 22.1 Å². The third-order valence-electron chi connectivity index (χ3n) is 4.40. The fourth-order valence-corrected chi connectivity index (χ4v) is 4.33. The minimum absolute atomic E-state index is 0.0183. The second kappa shape index (κ2) is 8.13.